The van der Waals surface area contributed by atoms with Gasteiger partial charge in [-0.1, -0.05) is 48.5 Å². The number of alkyl carbamates (subject to hydrolysis) is 4. The van der Waals surface area contributed by atoms with Gasteiger partial charge in [0.2, 0.25) is 0 Å². The van der Waals surface area contributed by atoms with E-state index in [1.807, 2.05) is 48.5 Å². The highest BCUT2D eigenvalue weighted by atomic mass is 16.6. The number of carbonyl (C=O) groups is 4. The molecule has 2 aromatic carbocycles. The number of rotatable bonds is 8. The molecule has 4 amide bonds. The van der Waals surface area contributed by atoms with Crippen LogP contribution in [-0.4, -0.2) is 122 Å². The summed E-state index contributed by atoms with van der Waals surface area (Å²) in [7, 11) is 0. The van der Waals surface area contributed by atoms with Gasteiger partial charge < -0.3 is 68.6 Å². The molecule has 0 bridgehead atoms. The predicted octanol–water partition coefficient (Wildman–Crippen LogP) is 6.57. The van der Waals surface area contributed by atoms with E-state index < -0.39 is 95.6 Å². The number of ether oxygens (including phenoxy) is 10. The molecule has 18 nitrogen and oxygen atoms in total. The molecule has 2 aromatic rings. The summed E-state index contributed by atoms with van der Waals surface area (Å²) in [5.41, 5.74) is 0.262. The molecule has 0 saturated carbocycles. The Morgan fingerprint density at radius 2 is 0.606 bits per heavy atom. The maximum atomic E-state index is 12.9. The third-order valence-corrected chi connectivity index (χ3v) is 10.2. The fourth-order valence-corrected chi connectivity index (χ4v) is 7.49. The molecule has 66 heavy (non-hydrogen) atoms. The minimum atomic E-state index is -0.746. The van der Waals surface area contributed by atoms with E-state index in [9.17, 15) is 19.2 Å². The first kappa shape index (κ1) is 52.3. The van der Waals surface area contributed by atoms with Crippen LogP contribution in [0.2, 0.25) is 0 Å². The number of nitrogens with one attached hydrogen (secondary N) is 4. The molecule has 0 radical (unpaired) electrons. The van der Waals surface area contributed by atoms with Crippen LogP contribution in [0.1, 0.15) is 105 Å². The summed E-state index contributed by atoms with van der Waals surface area (Å²) in [6.45, 7) is 21.8. The van der Waals surface area contributed by atoms with E-state index in [0.717, 1.165) is 22.3 Å². The molecule has 2 saturated heterocycles. The van der Waals surface area contributed by atoms with Crippen molar-refractivity contribution in [1.82, 2.24) is 21.3 Å². The zero-order valence-corrected chi connectivity index (χ0v) is 40.6. The van der Waals surface area contributed by atoms with Crippen molar-refractivity contribution in [2.75, 3.05) is 26.2 Å². The average molecular weight is 929 g/mol. The molecule has 3 aliphatic heterocycles. The van der Waals surface area contributed by atoms with Gasteiger partial charge in [-0.2, -0.15) is 0 Å². The maximum absolute atomic E-state index is 12.9. The highest BCUT2D eigenvalue weighted by Crippen LogP contribution is 2.32. The Morgan fingerprint density at radius 3 is 0.788 bits per heavy atom. The summed E-state index contributed by atoms with van der Waals surface area (Å²) in [6, 6.07) is 15.3. The average Bonchev–Trinajstić information content (AvgIpc) is 3.70. The Hall–Kier alpha value is -4.72. The lowest BCUT2D eigenvalue weighted by Crippen LogP contribution is -2.45. The lowest BCUT2D eigenvalue weighted by atomic mass is 10.0. The Kier molecular flexibility index (Phi) is 17.7. The van der Waals surface area contributed by atoms with Crippen LogP contribution in [0, 0.1) is 0 Å². The second-order valence-corrected chi connectivity index (χ2v) is 20.6. The van der Waals surface area contributed by atoms with Crippen molar-refractivity contribution in [1.29, 1.82) is 0 Å². The van der Waals surface area contributed by atoms with E-state index >= 15 is 0 Å². The Balaban J connectivity index is 1.48. The van der Waals surface area contributed by atoms with Crippen molar-refractivity contribution in [2.24, 2.45) is 0 Å². The van der Waals surface area contributed by atoms with Gasteiger partial charge in [-0.15, -0.1) is 0 Å². The topological polar surface area (TPSA) is 209 Å². The Morgan fingerprint density at radius 1 is 0.409 bits per heavy atom. The van der Waals surface area contributed by atoms with Gasteiger partial charge in [-0.3, -0.25) is 0 Å². The third kappa shape index (κ3) is 16.9. The minimum Gasteiger partial charge on any atom is -0.444 e. The quantitative estimate of drug-likeness (QED) is 0.207. The van der Waals surface area contributed by atoms with Crippen LogP contribution in [0.4, 0.5) is 19.2 Å². The van der Waals surface area contributed by atoms with Gasteiger partial charge in [0.05, 0.1) is 26.4 Å². The molecule has 18 heteroatoms. The third-order valence-electron chi connectivity index (χ3n) is 10.2. The van der Waals surface area contributed by atoms with E-state index in [0.29, 0.717) is 0 Å². The van der Waals surface area contributed by atoms with Crippen LogP contribution in [0.3, 0.4) is 0 Å². The van der Waals surface area contributed by atoms with Gasteiger partial charge in [0.25, 0.3) is 0 Å². The van der Waals surface area contributed by atoms with Gasteiger partial charge in [-0.25, -0.2) is 19.2 Å². The second kappa shape index (κ2) is 22.4. The number of hydrogen-bond donors (Lipinski definition) is 4. The first-order valence-electron chi connectivity index (χ1n) is 22.6. The lowest BCUT2D eigenvalue weighted by Gasteiger charge is -2.28. The minimum absolute atomic E-state index is 0.0172. The lowest BCUT2D eigenvalue weighted by molar-refractivity contribution is -0.0865. The molecule has 0 aliphatic carbocycles. The molecule has 4 unspecified atom stereocenters. The number of carbonyl (C=O) groups excluding carboxylic acids is 4. The predicted molar refractivity (Wildman–Crippen MR) is 241 cm³/mol. The smallest absolute Gasteiger partial charge is 0.407 e. The summed E-state index contributed by atoms with van der Waals surface area (Å²) in [5.74, 6) is 0. The number of hydrogen-bond acceptors (Lipinski definition) is 14. The number of benzene rings is 2. The summed E-state index contributed by atoms with van der Waals surface area (Å²) >= 11 is 0. The second-order valence-electron chi connectivity index (χ2n) is 20.6. The van der Waals surface area contributed by atoms with Crippen LogP contribution in [-0.2, 0) is 73.8 Å². The van der Waals surface area contributed by atoms with Crippen molar-refractivity contribution in [3.63, 3.8) is 0 Å². The molecule has 4 N–H and O–H groups in total. The first-order valence-corrected chi connectivity index (χ1v) is 22.6. The van der Waals surface area contributed by atoms with E-state index in [-0.39, 0.29) is 52.6 Å². The molecule has 8 atom stereocenters. The van der Waals surface area contributed by atoms with E-state index in [1.165, 1.54) is 0 Å². The number of fused-ring (bicyclic) bond motifs is 4. The van der Waals surface area contributed by atoms with E-state index in [4.69, 9.17) is 47.4 Å². The molecule has 368 valence electrons. The normalized spacial score (nSPS) is 25.2. The highest BCUT2D eigenvalue weighted by Gasteiger charge is 2.49. The summed E-state index contributed by atoms with van der Waals surface area (Å²) in [5, 5.41) is 11.3. The summed E-state index contributed by atoms with van der Waals surface area (Å²) in [6.07, 6.45) is -8.39. The molecular weight excluding hydrogens is 857 g/mol. The van der Waals surface area contributed by atoms with Crippen molar-refractivity contribution >= 4 is 24.4 Å². The zero-order chi connectivity index (χ0) is 48.5. The Bertz CT molecular complexity index is 1670. The summed E-state index contributed by atoms with van der Waals surface area (Å²) < 4.78 is 62.3. The van der Waals surface area contributed by atoms with E-state index in [2.05, 4.69) is 21.3 Å². The van der Waals surface area contributed by atoms with Crippen molar-refractivity contribution < 1.29 is 66.5 Å². The van der Waals surface area contributed by atoms with Crippen LogP contribution in [0.15, 0.2) is 48.5 Å². The molecular formula is C48H72N4O14. The van der Waals surface area contributed by atoms with Gasteiger partial charge in [0.1, 0.15) is 71.2 Å². The fraction of sp³-hybridized carbons (Fsp3) is 0.667. The highest BCUT2D eigenvalue weighted by molar-refractivity contribution is 5.69. The SMILES string of the molecule is CC(C)(C)OC(=O)NC[C@@H]1O[C@H](CNC(=O)OC(C)(C)C)C2OCc3ccccc3COC3C(OCc4ccccc4COC21)[C@H](CNC(=O)OC(C)(C)C)O[C@@H]3CNC(=O)OC(C)(C)C. The van der Waals surface area contributed by atoms with Crippen LogP contribution in [0.25, 0.3) is 0 Å². The van der Waals surface area contributed by atoms with Crippen LogP contribution < -0.4 is 21.3 Å². The fourth-order valence-electron chi connectivity index (χ4n) is 7.49. The van der Waals surface area contributed by atoms with Crippen molar-refractivity contribution in [2.45, 2.75) is 181 Å². The van der Waals surface area contributed by atoms with Gasteiger partial charge in [0.15, 0.2) is 0 Å². The zero-order valence-electron chi connectivity index (χ0n) is 40.6. The van der Waals surface area contributed by atoms with Crippen molar-refractivity contribution in [3.05, 3.63) is 70.8 Å². The van der Waals surface area contributed by atoms with E-state index in [1.54, 1.807) is 83.1 Å². The van der Waals surface area contributed by atoms with Crippen molar-refractivity contribution in [3.8, 4) is 0 Å². The molecule has 0 spiro atoms. The van der Waals surface area contributed by atoms with Crippen LogP contribution >= 0.6 is 0 Å². The monoisotopic (exact) mass is 929 g/mol. The maximum Gasteiger partial charge on any atom is 0.407 e. The van der Waals surface area contributed by atoms with Gasteiger partial charge in [0, 0.05) is 26.2 Å². The first-order chi connectivity index (χ1) is 30.8. The molecule has 2 fully saturated rings. The molecule has 0 aromatic heterocycles. The molecule has 3 heterocycles. The molecule has 3 aliphatic rings. The Labute approximate surface area is 389 Å². The van der Waals surface area contributed by atoms with Gasteiger partial charge >= 0.3 is 24.4 Å². The summed E-state index contributed by atoms with van der Waals surface area (Å²) in [4.78, 5) is 51.6. The van der Waals surface area contributed by atoms with Gasteiger partial charge in [-0.05, 0) is 105 Å². The standard InChI is InChI=1S/C48H72N4O14/c1-45(2,3)63-41(53)49-21-33-37-38(34(61-33)22-50-42(54)64-46(4,5)6)58-26-30-18-15-16-20-32(30)28-60-40-36(24-52-44(56)66-48(10,11)12)62-35(23-51-43(55)65-47(7,8)9)39(40)59-27-31-19-14-13-17-29(31)25-57-37/h13-20,33-40H,21-28H2,1-12H3,(H,49,53)(H,50,54)(H,51,55)(H,52,56)/t33-,34+,35-,36+,37?,38?,39?,40?. The largest absolute Gasteiger partial charge is 0.444 e. The molecule has 5 rings (SSSR count). The number of amides is 4. The van der Waals surface area contributed by atoms with Crippen LogP contribution in [0.5, 0.6) is 0 Å².